The number of ether oxygens (including phenoxy) is 1. The molecule has 1 aromatic heterocycles. The molecule has 0 aliphatic rings. The molecule has 0 fully saturated rings. The molecule has 1 heterocycles. The summed E-state index contributed by atoms with van der Waals surface area (Å²) in [6.07, 6.45) is 1.95. The van der Waals surface area contributed by atoms with Gasteiger partial charge in [-0.25, -0.2) is 9.78 Å². The Labute approximate surface area is 163 Å². The lowest BCUT2D eigenvalue weighted by atomic mass is 9.92. The normalized spacial score (nSPS) is 11.2. The second-order valence-corrected chi connectivity index (χ2v) is 7.76. The van der Waals surface area contributed by atoms with E-state index in [1.165, 1.54) is 0 Å². The molecule has 2 aromatic carbocycles. The van der Waals surface area contributed by atoms with Gasteiger partial charge in [0.1, 0.15) is 17.3 Å². The van der Waals surface area contributed by atoms with Crippen LogP contribution >= 0.6 is 0 Å². The van der Waals surface area contributed by atoms with Crippen LogP contribution in [0.15, 0.2) is 54.7 Å². The third-order valence-corrected chi connectivity index (χ3v) is 4.01. The summed E-state index contributed by atoms with van der Waals surface area (Å²) in [4.78, 5) is 27.6. The quantitative estimate of drug-likeness (QED) is 0.645. The fourth-order valence-corrected chi connectivity index (χ4v) is 2.86. The van der Waals surface area contributed by atoms with Crippen molar-refractivity contribution >= 4 is 28.5 Å². The van der Waals surface area contributed by atoms with Crippen molar-refractivity contribution in [1.29, 1.82) is 0 Å². The standard InChI is InChI=1S/C22H22N2O4/c1-22(2,3)13-20(25)24-19-12-16(9-10-23-19)28-15-7-8-17-14(11-15)5-4-6-18(17)21(26)27/h4-12H,13H2,1-3H3,(H,26,27)(H,23,24,25). The maximum absolute atomic E-state index is 12.1. The number of carbonyl (C=O) groups is 2. The van der Waals surface area contributed by atoms with Crippen LogP contribution in [-0.4, -0.2) is 22.0 Å². The second kappa shape index (κ2) is 7.68. The van der Waals surface area contributed by atoms with E-state index in [9.17, 15) is 14.7 Å². The number of nitrogens with one attached hydrogen (secondary N) is 1. The van der Waals surface area contributed by atoms with Crippen molar-refractivity contribution in [2.75, 3.05) is 5.32 Å². The van der Waals surface area contributed by atoms with Gasteiger partial charge in [-0.05, 0) is 46.5 Å². The summed E-state index contributed by atoms with van der Waals surface area (Å²) in [5, 5.41) is 13.5. The maximum Gasteiger partial charge on any atom is 0.336 e. The molecule has 144 valence electrons. The molecule has 0 spiro atoms. The van der Waals surface area contributed by atoms with Gasteiger partial charge in [0, 0.05) is 18.7 Å². The molecule has 0 saturated carbocycles. The average Bonchev–Trinajstić information content (AvgIpc) is 2.59. The van der Waals surface area contributed by atoms with Crippen LogP contribution in [0, 0.1) is 5.41 Å². The zero-order valence-electron chi connectivity index (χ0n) is 16.0. The van der Waals surface area contributed by atoms with Gasteiger partial charge in [-0.3, -0.25) is 4.79 Å². The average molecular weight is 378 g/mol. The van der Waals surface area contributed by atoms with E-state index in [0.29, 0.717) is 29.1 Å². The highest BCUT2D eigenvalue weighted by Crippen LogP contribution is 2.28. The molecule has 0 saturated heterocycles. The number of carboxylic acid groups (broad SMARTS) is 1. The molecule has 0 unspecified atom stereocenters. The van der Waals surface area contributed by atoms with Gasteiger partial charge >= 0.3 is 5.97 Å². The van der Waals surface area contributed by atoms with Crippen LogP contribution in [0.3, 0.4) is 0 Å². The molecular formula is C22H22N2O4. The molecule has 6 nitrogen and oxygen atoms in total. The van der Waals surface area contributed by atoms with Crippen molar-refractivity contribution in [3.05, 3.63) is 60.3 Å². The van der Waals surface area contributed by atoms with Gasteiger partial charge < -0.3 is 15.2 Å². The van der Waals surface area contributed by atoms with Gasteiger partial charge in [0.25, 0.3) is 0 Å². The van der Waals surface area contributed by atoms with E-state index in [0.717, 1.165) is 5.39 Å². The lowest BCUT2D eigenvalue weighted by Gasteiger charge is -2.17. The minimum atomic E-state index is -0.968. The zero-order chi connectivity index (χ0) is 20.3. The Morgan fingerprint density at radius 3 is 2.54 bits per heavy atom. The van der Waals surface area contributed by atoms with Crippen LogP contribution in [0.1, 0.15) is 37.6 Å². The van der Waals surface area contributed by atoms with Gasteiger partial charge in [-0.2, -0.15) is 0 Å². The molecule has 2 N–H and O–H groups in total. The van der Waals surface area contributed by atoms with E-state index in [4.69, 9.17) is 4.74 Å². The summed E-state index contributed by atoms with van der Waals surface area (Å²) < 4.78 is 5.87. The van der Waals surface area contributed by atoms with Gasteiger partial charge in [0.15, 0.2) is 0 Å². The van der Waals surface area contributed by atoms with E-state index < -0.39 is 5.97 Å². The van der Waals surface area contributed by atoms with Crippen LogP contribution in [0.25, 0.3) is 10.8 Å². The Morgan fingerprint density at radius 1 is 1.07 bits per heavy atom. The number of hydrogen-bond acceptors (Lipinski definition) is 4. The van der Waals surface area contributed by atoms with Gasteiger partial charge in [-0.15, -0.1) is 0 Å². The van der Waals surface area contributed by atoms with Gasteiger partial charge in [-0.1, -0.05) is 32.9 Å². The number of aromatic nitrogens is 1. The first kappa shape index (κ1) is 19.4. The Balaban J connectivity index is 1.79. The predicted octanol–water partition coefficient (Wildman–Crippen LogP) is 5.10. The number of anilines is 1. The van der Waals surface area contributed by atoms with Crippen LogP contribution < -0.4 is 10.1 Å². The van der Waals surface area contributed by atoms with Crippen LogP contribution in [-0.2, 0) is 4.79 Å². The highest BCUT2D eigenvalue weighted by Gasteiger charge is 2.16. The Morgan fingerprint density at radius 2 is 1.82 bits per heavy atom. The first-order valence-electron chi connectivity index (χ1n) is 8.91. The molecule has 28 heavy (non-hydrogen) atoms. The summed E-state index contributed by atoms with van der Waals surface area (Å²) in [6, 6.07) is 13.7. The molecule has 3 aromatic rings. The number of carbonyl (C=O) groups excluding carboxylic acids is 1. The van der Waals surface area contributed by atoms with Crippen molar-refractivity contribution in [2.24, 2.45) is 5.41 Å². The number of benzene rings is 2. The topological polar surface area (TPSA) is 88.5 Å². The maximum atomic E-state index is 12.1. The summed E-state index contributed by atoms with van der Waals surface area (Å²) in [6.45, 7) is 5.99. The molecular weight excluding hydrogens is 356 g/mol. The molecule has 3 rings (SSSR count). The number of pyridine rings is 1. The lowest BCUT2D eigenvalue weighted by molar-refractivity contribution is -0.117. The van der Waals surface area contributed by atoms with E-state index in [1.54, 1.807) is 48.7 Å². The highest BCUT2D eigenvalue weighted by molar-refractivity contribution is 6.03. The molecule has 0 atom stereocenters. The summed E-state index contributed by atoms with van der Waals surface area (Å²) in [5.74, 6) is 0.428. The summed E-state index contributed by atoms with van der Waals surface area (Å²) in [5.41, 5.74) is 0.134. The lowest BCUT2D eigenvalue weighted by Crippen LogP contribution is -2.20. The molecule has 1 amide bonds. The number of rotatable bonds is 5. The Hall–Kier alpha value is -3.41. The summed E-state index contributed by atoms with van der Waals surface area (Å²) in [7, 11) is 0. The van der Waals surface area contributed by atoms with Crippen molar-refractivity contribution < 1.29 is 19.4 Å². The summed E-state index contributed by atoms with van der Waals surface area (Å²) >= 11 is 0. The molecule has 0 bridgehead atoms. The monoisotopic (exact) mass is 378 g/mol. The molecule has 0 aliphatic carbocycles. The Kier molecular flexibility index (Phi) is 5.31. The van der Waals surface area contributed by atoms with Gasteiger partial charge in [0.05, 0.1) is 5.56 Å². The number of carboxylic acids is 1. The van der Waals surface area contributed by atoms with Gasteiger partial charge in [0.2, 0.25) is 5.91 Å². The largest absolute Gasteiger partial charge is 0.478 e. The van der Waals surface area contributed by atoms with Crippen molar-refractivity contribution in [1.82, 2.24) is 4.98 Å². The van der Waals surface area contributed by atoms with E-state index in [-0.39, 0.29) is 16.9 Å². The van der Waals surface area contributed by atoms with Crippen LogP contribution in [0.5, 0.6) is 11.5 Å². The SMILES string of the molecule is CC(C)(C)CC(=O)Nc1cc(Oc2ccc3c(C(=O)O)cccc3c2)ccn1. The predicted molar refractivity (Wildman–Crippen MR) is 108 cm³/mol. The fraction of sp³-hybridized carbons (Fsp3) is 0.227. The molecule has 0 radical (unpaired) electrons. The van der Waals surface area contributed by atoms with Crippen molar-refractivity contribution in [3.8, 4) is 11.5 Å². The first-order chi connectivity index (χ1) is 13.2. The number of hydrogen-bond donors (Lipinski definition) is 2. The van der Waals surface area contributed by atoms with Crippen LogP contribution in [0.4, 0.5) is 5.82 Å². The third kappa shape index (κ3) is 4.85. The number of nitrogens with zero attached hydrogens (tertiary/aromatic N) is 1. The first-order valence-corrected chi connectivity index (χ1v) is 8.91. The van der Waals surface area contributed by atoms with Crippen molar-refractivity contribution in [2.45, 2.75) is 27.2 Å². The smallest absolute Gasteiger partial charge is 0.336 e. The minimum absolute atomic E-state index is 0.107. The van der Waals surface area contributed by atoms with Crippen molar-refractivity contribution in [3.63, 3.8) is 0 Å². The van der Waals surface area contributed by atoms with Crippen LogP contribution in [0.2, 0.25) is 0 Å². The number of aromatic carboxylic acids is 1. The second-order valence-electron chi connectivity index (χ2n) is 7.76. The number of fused-ring (bicyclic) bond motifs is 1. The molecule has 6 heteroatoms. The molecule has 0 aliphatic heterocycles. The van der Waals surface area contributed by atoms with E-state index >= 15 is 0 Å². The third-order valence-electron chi connectivity index (χ3n) is 4.01. The fourth-order valence-electron chi connectivity index (χ4n) is 2.86. The van der Waals surface area contributed by atoms with E-state index in [2.05, 4.69) is 10.3 Å². The number of amides is 1. The minimum Gasteiger partial charge on any atom is -0.478 e. The highest BCUT2D eigenvalue weighted by atomic mass is 16.5. The Bertz CT molecular complexity index is 1040. The zero-order valence-corrected chi connectivity index (χ0v) is 16.0. The van der Waals surface area contributed by atoms with E-state index in [1.807, 2.05) is 26.8 Å².